The molecule has 3 aromatic carbocycles. The molecule has 0 aliphatic carbocycles. The number of carbonyl (C=O) groups is 1. The molecule has 0 saturated carbocycles. The quantitative estimate of drug-likeness (QED) is 0.470. The van der Waals surface area contributed by atoms with Gasteiger partial charge in [0.2, 0.25) is 0 Å². The fourth-order valence-electron chi connectivity index (χ4n) is 3.82. The van der Waals surface area contributed by atoms with Gasteiger partial charge in [0.25, 0.3) is 5.91 Å². The van der Waals surface area contributed by atoms with Crippen molar-refractivity contribution in [1.29, 1.82) is 0 Å². The number of anilines is 1. The van der Waals surface area contributed by atoms with Gasteiger partial charge in [-0.15, -0.1) is 11.8 Å². The summed E-state index contributed by atoms with van der Waals surface area (Å²) in [5.41, 5.74) is 2.87. The minimum absolute atomic E-state index is 0.0597. The Hall–Kier alpha value is -2.51. The predicted octanol–water partition coefficient (Wildman–Crippen LogP) is 5.33. The van der Waals surface area contributed by atoms with E-state index in [0.29, 0.717) is 24.7 Å². The lowest BCUT2D eigenvalue weighted by Gasteiger charge is -2.28. The number of amides is 1. The fourth-order valence-corrected chi connectivity index (χ4v) is 5.43. The number of benzene rings is 3. The topological polar surface area (TPSA) is 50.8 Å². The number of hydrogen-bond donors (Lipinski definition) is 1. The lowest BCUT2D eigenvalue weighted by Crippen LogP contribution is -2.44. The third-order valence-electron chi connectivity index (χ3n) is 5.55. The van der Waals surface area contributed by atoms with Crippen molar-refractivity contribution >= 4 is 35.0 Å². The van der Waals surface area contributed by atoms with Crippen LogP contribution in [0.25, 0.3) is 0 Å². The average molecular weight is 483 g/mol. The first-order valence-corrected chi connectivity index (χ1v) is 12.1. The van der Waals surface area contributed by atoms with Gasteiger partial charge in [-0.05, 0) is 48.5 Å². The van der Waals surface area contributed by atoms with Crippen molar-refractivity contribution in [2.45, 2.75) is 22.9 Å². The first-order chi connectivity index (χ1) is 16.1. The number of nitrogens with zero attached hydrogens (tertiary/aromatic N) is 1. The van der Waals surface area contributed by atoms with Crippen LogP contribution in [0.2, 0.25) is 5.02 Å². The Morgan fingerprint density at radius 3 is 2.52 bits per heavy atom. The summed E-state index contributed by atoms with van der Waals surface area (Å²) in [5.74, 6) is 0.708. The summed E-state index contributed by atoms with van der Waals surface area (Å²) < 4.78 is 11.7. The second kappa shape index (κ2) is 11.1. The molecule has 172 valence electrons. The molecule has 3 aromatic rings. The van der Waals surface area contributed by atoms with Gasteiger partial charge in [0, 0.05) is 23.0 Å². The van der Waals surface area contributed by atoms with E-state index in [2.05, 4.69) is 5.32 Å². The van der Waals surface area contributed by atoms with Crippen LogP contribution >= 0.6 is 23.4 Å². The molecule has 0 aromatic heterocycles. The first kappa shape index (κ1) is 23.6. The molecule has 0 saturated heterocycles. The summed E-state index contributed by atoms with van der Waals surface area (Å²) in [6.07, 6.45) is -0.674. The number of rotatable bonds is 8. The van der Waals surface area contributed by atoms with E-state index < -0.39 is 6.10 Å². The van der Waals surface area contributed by atoms with E-state index in [-0.39, 0.29) is 11.2 Å². The predicted molar refractivity (Wildman–Crippen MR) is 134 cm³/mol. The van der Waals surface area contributed by atoms with Crippen LogP contribution in [0, 0.1) is 0 Å². The highest BCUT2D eigenvalue weighted by Gasteiger charge is 2.39. The highest BCUT2D eigenvalue weighted by atomic mass is 35.5. The minimum Gasteiger partial charge on any atom is -0.497 e. The van der Waals surface area contributed by atoms with Gasteiger partial charge in [-0.2, -0.15) is 0 Å². The molecule has 0 spiro atoms. The molecule has 0 bridgehead atoms. The number of fused-ring (bicyclic) bond motifs is 1. The largest absolute Gasteiger partial charge is 0.497 e. The summed E-state index contributed by atoms with van der Waals surface area (Å²) in [7, 11) is 3.52. The normalized spacial score (nSPS) is 18.0. The molecular weight excluding hydrogens is 456 g/mol. The Bertz CT molecular complexity index is 1080. The molecule has 7 heteroatoms. The SMILES string of the molecule is CNCCN1C(=O)[C@@H](OCc2ccccc2)[C@@H](c2ccc(OC)cc2)Sc2cc(Cl)ccc21. The number of thioether (sulfide) groups is 1. The summed E-state index contributed by atoms with van der Waals surface area (Å²) in [4.78, 5) is 16.7. The lowest BCUT2D eigenvalue weighted by atomic mass is 10.1. The van der Waals surface area contributed by atoms with Gasteiger partial charge in [0.05, 0.1) is 24.7 Å². The number of methoxy groups -OCH3 is 1. The van der Waals surface area contributed by atoms with E-state index in [1.807, 2.05) is 84.7 Å². The molecular formula is C26H27ClN2O3S. The monoisotopic (exact) mass is 482 g/mol. The van der Waals surface area contributed by atoms with E-state index in [1.165, 1.54) is 0 Å². The Balaban J connectivity index is 1.75. The van der Waals surface area contributed by atoms with Gasteiger partial charge >= 0.3 is 0 Å². The third-order valence-corrected chi connectivity index (χ3v) is 7.14. The van der Waals surface area contributed by atoms with Crippen molar-refractivity contribution in [3.8, 4) is 5.75 Å². The minimum atomic E-state index is -0.674. The van der Waals surface area contributed by atoms with E-state index in [9.17, 15) is 4.79 Å². The van der Waals surface area contributed by atoms with Crippen LogP contribution in [0.5, 0.6) is 5.75 Å². The highest BCUT2D eigenvalue weighted by Crippen LogP contribution is 2.47. The Kier molecular flexibility index (Phi) is 7.93. The molecule has 0 fully saturated rings. The molecule has 4 rings (SSSR count). The zero-order valence-electron chi connectivity index (χ0n) is 18.7. The van der Waals surface area contributed by atoms with E-state index >= 15 is 0 Å². The van der Waals surface area contributed by atoms with Crippen LogP contribution in [0.15, 0.2) is 77.7 Å². The molecule has 0 unspecified atom stereocenters. The molecule has 1 aliphatic rings. The van der Waals surface area contributed by atoms with Crippen molar-refractivity contribution in [1.82, 2.24) is 5.32 Å². The van der Waals surface area contributed by atoms with Gasteiger partial charge in [0.1, 0.15) is 5.75 Å². The van der Waals surface area contributed by atoms with E-state index in [4.69, 9.17) is 21.1 Å². The third kappa shape index (κ3) is 5.53. The number of halogens is 1. The lowest BCUT2D eigenvalue weighted by molar-refractivity contribution is -0.130. The van der Waals surface area contributed by atoms with Crippen LogP contribution in [-0.2, 0) is 16.1 Å². The summed E-state index contributed by atoms with van der Waals surface area (Å²) in [6, 6.07) is 23.4. The number of likely N-dealkylation sites (N-methyl/N-ethyl adjacent to an activating group) is 1. The second-order valence-electron chi connectivity index (χ2n) is 7.73. The maximum absolute atomic E-state index is 13.9. The van der Waals surface area contributed by atoms with Crippen LogP contribution in [0.1, 0.15) is 16.4 Å². The average Bonchev–Trinajstić information content (AvgIpc) is 2.96. The number of carbonyl (C=O) groups excluding carboxylic acids is 1. The Morgan fingerprint density at radius 1 is 1.06 bits per heavy atom. The molecule has 1 heterocycles. The van der Waals surface area contributed by atoms with Crippen molar-refractivity contribution in [2.75, 3.05) is 32.1 Å². The molecule has 1 N–H and O–H groups in total. The van der Waals surface area contributed by atoms with Crippen LogP contribution in [-0.4, -0.2) is 39.3 Å². The zero-order valence-corrected chi connectivity index (χ0v) is 20.2. The standard InChI is InChI=1S/C26H27ClN2O3S/c1-28-14-15-29-22-13-10-20(27)16-23(22)33-25(19-8-11-21(31-2)12-9-19)24(26(29)30)32-17-18-6-4-3-5-7-18/h3-13,16,24-25,28H,14-15,17H2,1-2H3/t24-,25+/m0/s1. The van der Waals surface area contributed by atoms with Crippen molar-refractivity contribution in [3.63, 3.8) is 0 Å². The second-order valence-corrected chi connectivity index (χ2v) is 9.35. The molecule has 2 atom stereocenters. The summed E-state index contributed by atoms with van der Waals surface area (Å²) in [6.45, 7) is 1.55. The van der Waals surface area contributed by atoms with E-state index in [1.54, 1.807) is 18.9 Å². The zero-order chi connectivity index (χ0) is 23.2. The van der Waals surface area contributed by atoms with Crippen LogP contribution < -0.4 is 15.0 Å². The van der Waals surface area contributed by atoms with Gasteiger partial charge in [-0.25, -0.2) is 0 Å². The molecule has 0 radical (unpaired) electrons. The number of ether oxygens (including phenoxy) is 2. The van der Waals surface area contributed by atoms with Crippen molar-refractivity contribution in [3.05, 3.63) is 88.9 Å². The van der Waals surface area contributed by atoms with Gasteiger partial charge in [-0.3, -0.25) is 4.79 Å². The van der Waals surface area contributed by atoms with Crippen molar-refractivity contribution in [2.24, 2.45) is 0 Å². The molecule has 33 heavy (non-hydrogen) atoms. The van der Waals surface area contributed by atoms with Gasteiger partial charge in [0.15, 0.2) is 6.10 Å². The maximum atomic E-state index is 13.9. The van der Waals surface area contributed by atoms with Crippen LogP contribution in [0.3, 0.4) is 0 Å². The summed E-state index contributed by atoms with van der Waals surface area (Å²) in [5, 5.41) is 3.54. The maximum Gasteiger partial charge on any atom is 0.257 e. The van der Waals surface area contributed by atoms with E-state index in [0.717, 1.165) is 27.5 Å². The van der Waals surface area contributed by atoms with Crippen molar-refractivity contribution < 1.29 is 14.3 Å². The number of hydrogen-bond acceptors (Lipinski definition) is 5. The Morgan fingerprint density at radius 2 is 1.82 bits per heavy atom. The van der Waals surface area contributed by atoms with Gasteiger partial charge in [-0.1, -0.05) is 54.1 Å². The first-order valence-electron chi connectivity index (χ1n) is 10.8. The fraction of sp³-hybridized carbons (Fsp3) is 0.269. The highest BCUT2D eigenvalue weighted by molar-refractivity contribution is 7.99. The number of nitrogens with one attached hydrogen (secondary N) is 1. The molecule has 5 nitrogen and oxygen atoms in total. The molecule has 1 aliphatic heterocycles. The molecule has 1 amide bonds. The van der Waals surface area contributed by atoms with Gasteiger partial charge < -0.3 is 19.7 Å². The van der Waals surface area contributed by atoms with Crippen LogP contribution in [0.4, 0.5) is 5.69 Å². The summed E-state index contributed by atoms with van der Waals surface area (Å²) >= 11 is 7.96. The Labute approximate surface area is 204 Å². The smallest absolute Gasteiger partial charge is 0.257 e.